The van der Waals surface area contributed by atoms with Crippen LogP contribution in [0, 0.1) is 18.3 Å². The predicted octanol–water partition coefficient (Wildman–Crippen LogP) is 4.55. The van der Waals surface area contributed by atoms with Crippen LogP contribution in [0.2, 0.25) is 0 Å². The van der Waals surface area contributed by atoms with Gasteiger partial charge in [0, 0.05) is 17.9 Å². The predicted molar refractivity (Wildman–Crippen MR) is 102 cm³/mol. The van der Waals surface area contributed by atoms with Crippen molar-refractivity contribution in [1.29, 1.82) is 5.26 Å². The molecule has 0 aliphatic carbocycles. The maximum Gasteiger partial charge on any atom is 0.195 e. The number of rotatable bonds is 8. The molecule has 0 radical (unpaired) electrons. The highest BCUT2D eigenvalue weighted by atomic mass is 32.2. The summed E-state index contributed by atoms with van der Waals surface area (Å²) in [5, 5.41) is 18.2. The van der Waals surface area contributed by atoms with E-state index in [9.17, 15) is 0 Å². The van der Waals surface area contributed by atoms with Gasteiger partial charge >= 0.3 is 0 Å². The van der Waals surface area contributed by atoms with Gasteiger partial charge in [-0.3, -0.25) is 4.57 Å². The maximum atomic E-state index is 8.69. The van der Waals surface area contributed by atoms with Gasteiger partial charge in [0.25, 0.3) is 0 Å². The van der Waals surface area contributed by atoms with Crippen molar-refractivity contribution < 1.29 is 4.74 Å². The number of hydrogen-bond acceptors (Lipinski definition) is 5. The van der Waals surface area contributed by atoms with Gasteiger partial charge in [0.2, 0.25) is 0 Å². The fourth-order valence-corrected chi connectivity index (χ4v) is 3.41. The zero-order valence-corrected chi connectivity index (χ0v) is 15.4. The molecule has 0 fully saturated rings. The molecule has 0 saturated heterocycles. The summed E-state index contributed by atoms with van der Waals surface area (Å²) in [6.07, 6.45) is 1.38. The van der Waals surface area contributed by atoms with Crippen molar-refractivity contribution in [2.45, 2.75) is 31.5 Å². The Hall–Kier alpha value is -2.78. The lowest BCUT2D eigenvalue weighted by Crippen LogP contribution is -2.07. The maximum absolute atomic E-state index is 8.69. The number of benzene rings is 2. The highest BCUT2D eigenvalue weighted by Gasteiger charge is 2.15. The number of thioether (sulfide) groups is 1. The molecule has 5 nitrogen and oxygen atoms in total. The Kier molecular flexibility index (Phi) is 6.29. The van der Waals surface area contributed by atoms with Crippen molar-refractivity contribution in [1.82, 2.24) is 14.8 Å². The zero-order valence-electron chi connectivity index (χ0n) is 14.6. The molecule has 132 valence electrons. The molecule has 0 bridgehead atoms. The fourth-order valence-electron chi connectivity index (χ4n) is 2.50. The number of aromatic nitrogens is 3. The van der Waals surface area contributed by atoms with Gasteiger partial charge in [-0.2, -0.15) is 5.26 Å². The third kappa shape index (κ3) is 4.44. The molecule has 0 N–H and O–H groups in total. The first-order chi connectivity index (χ1) is 12.8. The molecule has 0 amide bonds. The van der Waals surface area contributed by atoms with Crippen molar-refractivity contribution >= 4 is 11.8 Å². The van der Waals surface area contributed by atoms with E-state index in [1.54, 1.807) is 11.8 Å². The Labute approximate surface area is 157 Å². The Morgan fingerprint density at radius 2 is 1.85 bits per heavy atom. The van der Waals surface area contributed by atoms with E-state index in [0.717, 1.165) is 40.2 Å². The minimum atomic E-state index is 0.339. The van der Waals surface area contributed by atoms with Gasteiger partial charge in [0.05, 0.1) is 6.07 Å². The molecule has 2 aromatic carbocycles. The lowest BCUT2D eigenvalue weighted by atomic mass is 10.2. The summed E-state index contributed by atoms with van der Waals surface area (Å²) in [5.74, 6) is 2.43. The summed E-state index contributed by atoms with van der Waals surface area (Å²) in [4.78, 5) is 0. The van der Waals surface area contributed by atoms with E-state index in [0.29, 0.717) is 13.0 Å². The first-order valence-electron chi connectivity index (χ1n) is 8.47. The molecule has 6 heteroatoms. The summed E-state index contributed by atoms with van der Waals surface area (Å²) in [6, 6.07) is 20.1. The van der Waals surface area contributed by atoms with Gasteiger partial charge in [0.1, 0.15) is 12.4 Å². The van der Waals surface area contributed by atoms with E-state index in [2.05, 4.69) is 16.3 Å². The van der Waals surface area contributed by atoms with E-state index in [1.165, 1.54) is 0 Å². The van der Waals surface area contributed by atoms with Crippen LogP contribution in [0.3, 0.4) is 0 Å². The van der Waals surface area contributed by atoms with Gasteiger partial charge in [-0.1, -0.05) is 48.2 Å². The standard InChI is InChI=1S/C20H20N4OS/c1-16-9-5-6-12-18(16)25-15-19-22-23-20(26-14-8-7-13-21)24(19)17-10-3-2-4-11-17/h2-6,9-12H,7-8,14-15H2,1H3. The number of hydrogen-bond donors (Lipinski definition) is 0. The third-order valence-corrected chi connectivity index (χ3v) is 4.84. The van der Waals surface area contributed by atoms with Crippen LogP contribution in [0.15, 0.2) is 59.8 Å². The summed E-state index contributed by atoms with van der Waals surface area (Å²) < 4.78 is 7.99. The molecule has 1 aromatic heterocycles. The first-order valence-corrected chi connectivity index (χ1v) is 9.46. The minimum Gasteiger partial charge on any atom is -0.485 e. The normalized spacial score (nSPS) is 10.5. The first kappa shape index (κ1) is 18.0. The van der Waals surface area contributed by atoms with Gasteiger partial charge in [-0.15, -0.1) is 10.2 Å². The van der Waals surface area contributed by atoms with Crippen LogP contribution >= 0.6 is 11.8 Å². The SMILES string of the molecule is Cc1ccccc1OCc1nnc(SCCCC#N)n1-c1ccccc1. The molecular formula is C20H20N4OS. The third-order valence-electron chi connectivity index (χ3n) is 3.83. The average Bonchev–Trinajstić information content (AvgIpc) is 3.08. The number of para-hydroxylation sites is 2. The van der Waals surface area contributed by atoms with Gasteiger partial charge in [0.15, 0.2) is 11.0 Å². The van der Waals surface area contributed by atoms with Crippen molar-refractivity contribution in [2.24, 2.45) is 0 Å². The van der Waals surface area contributed by atoms with E-state index in [1.807, 2.05) is 66.1 Å². The van der Waals surface area contributed by atoms with Gasteiger partial charge in [-0.25, -0.2) is 0 Å². The lowest BCUT2D eigenvalue weighted by Gasteiger charge is -2.12. The molecule has 0 unspecified atom stereocenters. The summed E-state index contributed by atoms with van der Waals surface area (Å²) in [7, 11) is 0. The van der Waals surface area contributed by atoms with Crippen molar-refractivity contribution in [2.75, 3.05) is 5.75 Å². The summed E-state index contributed by atoms with van der Waals surface area (Å²) >= 11 is 1.61. The molecule has 0 aliphatic rings. The second-order valence-corrected chi connectivity index (χ2v) is 6.80. The van der Waals surface area contributed by atoms with Crippen LogP contribution in [0.25, 0.3) is 5.69 Å². The number of unbranched alkanes of at least 4 members (excludes halogenated alkanes) is 1. The largest absolute Gasteiger partial charge is 0.485 e. The fraction of sp³-hybridized carbons (Fsp3) is 0.250. The topological polar surface area (TPSA) is 63.7 Å². The van der Waals surface area contributed by atoms with Crippen molar-refractivity contribution in [3.63, 3.8) is 0 Å². The molecule has 3 rings (SSSR count). The number of nitrogens with zero attached hydrogens (tertiary/aromatic N) is 4. The van der Waals surface area contributed by atoms with Gasteiger partial charge < -0.3 is 4.74 Å². The van der Waals surface area contributed by atoms with Crippen LogP contribution < -0.4 is 4.74 Å². The van der Waals surface area contributed by atoms with Crippen LogP contribution in [0.4, 0.5) is 0 Å². The van der Waals surface area contributed by atoms with Gasteiger partial charge in [-0.05, 0) is 37.1 Å². The van der Waals surface area contributed by atoms with E-state index < -0.39 is 0 Å². The van der Waals surface area contributed by atoms with Crippen molar-refractivity contribution in [3.05, 3.63) is 66.0 Å². The molecule has 3 aromatic rings. The lowest BCUT2D eigenvalue weighted by molar-refractivity contribution is 0.291. The number of nitriles is 1. The smallest absolute Gasteiger partial charge is 0.195 e. The molecule has 0 saturated carbocycles. The quantitative estimate of drug-likeness (QED) is 0.433. The van der Waals surface area contributed by atoms with Crippen LogP contribution in [-0.2, 0) is 6.61 Å². The van der Waals surface area contributed by atoms with Crippen LogP contribution in [0.1, 0.15) is 24.2 Å². The molecular weight excluding hydrogens is 344 g/mol. The molecule has 0 spiro atoms. The summed E-state index contributed by atoms with van der Waals surface area (Å²) in [6.45, 7) is 2.36. The Balaban J connectivity index is 1.81. The minimum absolute atomic E-state index is 0.339. The van der Waals surface area contributed by atoms with E-state index in [-0.39, 0.29) is 0 Å². The monoisotopic (exact) mass is 364 g/mol. The van der Waals surface area contributed by atoms with E-state index >= 15 is 0 Å². The zero-order chi connectivity index (χ0) is 18.2. The molecule has 0 atom stereocenters. The van der Waals surface area contributed by atoms with Crippen molar-refractivity contribution in [3.8, 4) is 17.5 Å². The molecule has 0 aliphatic heterocycles. The van der Waals surface area contributed by atoms with Crippen LogP contribution in [0.5, 0.6) is 5.75 Å². The Morgan fingerprint density at radius 1 is 1.08 bits per heavy atom. The van der Waals surface area contributed by atoms with Crippen LogP contribution in [-0.4, -0.2) is 20.5 Å². The average molecular weight is 364 g/mol. The Bertz CT molecular complexity index is 886. The second-order valence-electron chi connectivity index (χ2n) is 5.73. The highest BCUT2D eigenvalue weighted by molar-refractivity contribution is 7.99. The molecule has 1 heterocycles. The second kappa shape index (κ2) is 9.07. The molecule has 26 heavy (non-hydrogen) atoms. The number of aryl methyl sites for hydroxylation is 1. The number of ether oxygens (including phenoxy) is 1. The Morgan fingerprint density at radius 3 is 2.62 bits per heavy atom. The summed E-state index contributed by atoms with van der Waals surface area (Å²) in [5.41, 5.74) is 2.09. The van der Waals surface area contributed by atoms with E-state index in [4.69, 9.17) is 10.00 Å². The highest BCUT2D eigenvalue weighted by Crippen LogP contribution is 2.24.